The zero-order valence-corrected chi connectivity index (χ0v) is 13.2. The molecule has 0 atom stereocenters. The van der Waals surface area contributed by atoms with Crippen LogP contribution < -0.4 is 0 Å². The first-order valence-electron chi connectivity index (χ1n) is 5.57. The van der Waals surface area contributed by atoms with Gasteiger partial charge in [0.2, 0.25) is 0 Å². The second-order valence-corrected chi connectivity index (χ2v) is 6.23. The fourth-order valence-electron chi connectivity index (χ4n) is 0.912. The van der Waals surface area contributed by atoms with Crippen molar-refractivity contribution in [3.8, 4) is 0 Å². The molecule has 0 fully saturated rings. The Bertz CT molecular complexity index is 106. The molecule has 0 radical (unpaired) electrons. The lowest BCUT2D eigenvalue weighted by atomic mass is 10.6. The smallest absolute Gasteiger partial charge is 0.374 e. The van der Waals surface area contributed by atoms with Crippen molar-refractivity contribution < 1.29 is 13.3 Å². The molecule has 0 saturated carbocycles. The van der Waals surface area contributed by atoms with Gasteiger partial charge in [-0.25, -0.2) is 0 Å². The molecule has 0 saturated heterocycles. The molecule has 0 rings (SSSR count). The predicted octanol–water partition coefficient (Wildman–Crippen LogP) is 3.46. The van der Waals surface area contributed by atoms with Gasteiger partial charge in [0, 0.05) is 31.7 Å². The van der Waals surface area contributed by atoms with Gasteiger partial charge in [0.25, 0.3) is 0 Å². The average Bonchev–Trinajstić information content (AvgIpc) is 2.19. The van der Waals surface area contributed by atoms with Gasteiger partial charge in [0.05, 0.1) is 0 Å². The second kappa shape index (κ2) is 12.6. The van der Waals surface area contributed by atoms with Crippen molar-refractivity contribution in [2.45, 2.75) is 40.7 Å². The Labute approximate surface area is 104 Å². The quantitative estimate of drug-likeness (QED) is 0.532. The van der Waals surface area contributed by atoms with Crippen molar-refractivity contribution in [1.29, 1.82) is 0 Å². The molecule has 3 nitrogen and oxygen atoms in total. The zero-order chi connectivity index (χ0) is 12.2. The molecule has 15 heavy (non-hydrogen) atoms. The first-order valence-corrected chi connectivity index (χ1v) is 8.92. The van der Waals surface area contributed by atoms with Gasteiger partial charge in [-0.2, -0.15) is 0 Å². The molecular formula is C10H25BrO3Si. The minimum atomic E-state index is -2.25. The summed E-state index contributed by atoms with van der Waals surface area (Å²) in [5, 5.41) is 1.13. The number of hydrogen-bond acceptors (Lipinski definition) is 3. The minimum absolute atomic E-state index is 0.655. The molecule has 94 valence electrons. The van der Waals surface area contributed by atoms with Crippen LogP contribution in [-0.4, -0.2) is 34.0 Å². The summed E-state index contributed by atoms with van der Waals surface area (Å²) in [6, 6.07) is 0. The van der Waals surface area contributed by atoms with Gasteiger partial charge in [0.1, 0.15) is 0 Å². The van der Waals surface area contributed by atoms with Crippen LogP contribution in [0.4, 0.5) is 0 Å². The van der Waals surface area contributed by atoms with Crippen molar-refractivity contribution in [3.05, 3.63) is 0 Å². The van der Waals surface area contributed by atoms with E-state index in [1.165, 1.54) is 6.42 Å². The maximum Gasteiger partial charge on any atom is 0.497 e. The molecule has 0 unspecified atom stereocenters. The van der Waals surface area contributed by atoms with E-state index in [1.807, 2.05) is 27.3 Å². The van der Waals surface area contributed by atoms with Crippen LogP contribution in [-0.2, 0) is 13.3 Å². The van der Waals surface area contributed by atoms with Crippen LogP contribution in [0.1, 0.15) is 34.1 Å². The number of halogens is 1. The van der Waals surface area contributed by atoms with E-state index in [1.54, 1.807) is 0 Å². The molecule has 0 aromatic carbocycles. The van der Waals surface area contributed by atoms with Gasteiger partial charge in [-0.15, -0.1) is 0 Å². The molecule has 0 aliphatic heterocycles. The molecule has 0 bridgehead atoms. The average molecular weight is 301 g/mol. The predicted molar refractivity (Wildman–Crippen MR) is 70.6 cm³/mol. The highest BCUT2D eigenvalue weighted by atomic mass is 79.9. The van der Waals surface area contributed by atoms with Crippen molar-refractivity contribution in [2.75, 3.05) is 25.2 Å². The lowest BCUT2D eigenvalue weighted by molar-refractivity contribution is 0.0783. The van der Waals surface area contributed by atoms with Gasteiger partial charge in [-0.3, -0.25) is 0 Å². The van der Waals surface area contributed by atoms with Crippen molar-refractivity contribution in [1.82, 2.24) is 0 Å². The van der Waals surface area contributed by atoms with Gasteiger partial charge in [0.15, 0.2) is 0 Å². The van der Waals surface area contributed by atoms with E-state index >= 15 is 0 Å². The normalized spacial score (nSPS) is 10.8. The Morgan fingerprint density at radius 3 is 1.27 bits per heavy atom. The Morgan fingerprint density at radius 1 is 0.867 bits per heavy atom. The van der Waals surface area contributed by atoms with E-state index in [2.05, 4.69) is 22.9 Å². The lowest BCUT2D eigenvalue weighted by Crippen LogP contribution is -2.42. The van der Waals surface area contributed by atoms with E-state index < -0.39 is 8.80 Å². The largest absolute Gasteiger partial charge is 0.497 e. The zero-order valence-electron chi connectivity index (χ0n) is 10.6. The van der Waals surface area contributed by atoms with E-state index in [0.717, 1.165) is 5.33 Å². The van der Waals surface area contributed by atoms with Crippen molar-refractivity contribution in [3.63, 3.8) is 0 Å². The molecule has 0 aliphatic rings. The first-order chi connectivity index (χ1) is 7.10. The van der Waals surface area contributed by atoms with Crippen LogP contribution in [0.2, 0.25) is 6.55 Å². The summed E-state index contributed by atoms with van der Waals surface area (Å²) in [7, 11) is -2.25. The highest BCUT2D eigenvalue weighted by Crippen LogP contribution is 2.08. The van der Waals surface area contributed by atoms with Crippen LogP contribution in [0.25, 0.3) is 0 Å². The summed E-state index contributed by atoms with van der Waals surface area (Å²) < 4.78 is 16.2. The van der Waals surface area contributed by atoms with E-state index in [9.17, 15) is 0 Å². The molecule has 0 amide bonds. The van der Waals surface area contributed by atoms with Crippen LogP contribution in [0.15, 0.2) is 0 Å². The Kier molecular flexibility index (Phi) is 15.1. The fourth-order valence-corrected chi connectivity index (χ4v) is 2.73. The van der Waals surface area contributed by atoms with Gasteiger partial charge >= 0.3 is 8.80 Å². The minimum Gasteiger partial charge on any atom is -0.374 e. The van der Waals surface area contributed by atoms with E-state index in [4.69, 9.17) is 13.3 Å². The molecule has 0 N–H and O–H groups in total. The maximum absolute atomic E-state index is 5.40. The summed E-state index contributed by atoms with van der Waals surface area (Å²) in [5.74, 6) is 0. The highest BCUT2D eigenvalue weighted by molar-refractivity contribution is 9.09. The third-order valence-electron chi connectivity index (χ3n) is 1.41. The summed E-state index contributed by atoms with van der Waals surface area (Å²) in [6.45, 7) is 11.9. The van der Waals surface area contributed by atoms with Gasteiger partial charge < -0.3 is 13.3 Å². The lowest BCUT2D eigenvalue weighted by Gasteiger charge is -2.23. The Hall–Kier alpha value is 0.577. The summed E-state index contributed by atoms with van der Waals surface area (Å²) in [4.78, 5) is 0. The molecular weight excluding hydrogens is 276 g/mol. The maximum atomic E-state index is 5.40. The highest BCUT2D eigenvalue weighted by Gasteiger charge is 2.32. The molecule has 5 heteroatoms. The topological polar surface area (TPSA) is 27.7 Å². The van der Waals surface area contributed by atoms with Crippen molar-refractivity contribution in [2.24, 2.45) is 0 Å². The van der Waals surface area contributed by atoms with Gasteiger partial charge in [-0.1, -0.05) is 22.9 Å². The number of alkyl halides is 1. The monoisotopic (exact) mass is 300 g/mol. The van der Waals surface area contributed by atoms with Gasteiger partial charge in [-0.05, 0) is 27.2 Å². The third-order valence-corrected chi connectivity index (χ3v) is 4.64. The third kappa shape index (κ3) is 12.5. The fraction of sp³-hybridized carbons (Fsp3) is 1.00. The van der Waals surface area contributed by atoms with Crippen LogP contribution in [0.5, 0.6) is 0 Å². The number of hydrogen-bond donors (Lipinski definition) is 0. The Balaban J connectivity index is 0. The molecule has 0 aromatic rings. The molecule has 0 aliphatic carbocycles. The molecule has 0 heterocycles. The summed E-state index contributed by atoms with van der Waals surface area (Å²) >= 11 is 3.25. The standard InChI is InChI=1S/C7H18O3Si.C3H7Br/c1-5-8-11(4,9-6-2)10-7-3;1-2-3-4/h5-7H2,1-4H3;2-3H2,1H3. The van der Waals surface area contributed by atoms with Crippen molar-refractivity contribution >= 4 is 24.7 Å². The van der Waals surface area contributed by atoms with E-state index in [0.29, 0.717) is 19.8 Å². The second-order valence-electron chi connectivity index (χ2n) is 2.85. The summed E-state index contributed by atoms with van der Waals surface area (Å²) in [6.07, 6.45) is 1.24. The van der Waals surface area contributed by atoms with Crippen LogP contribution in [0, 0.1) is 0 Å². The molecule has 0 aromatic heterocycles. The SMILES string of the molecule is CCCBr.CCO[Si](C)(OCC)OCC. The van der Waals surface area contributed by atoms with Crippen LogP contribution >= 0.6 is 15.9 Å². The Morgan fingerprint density at radius 2 is 1.13 bits per heavy atom. The molecule has 0 spiro atoms. The van der Waals surface area contributed by atoms with E-state index in [-0.39, 0.29) is 0 Å². The first kappa shape index (κ1) is 18.0. The number of rotatable bonds is 7. The van der Waals surface area contributed by atoms with Crippen LogP contribution in [0.3, 0.4) is 0 Å². The summed E-state index contributed by atoms with van der Waals surface area (Å²) in [5.41, 5.74) is 0.